The Balaban J connectivity index is 1.92. The number of carbonyl (C=O) groups is 1. The van der Waals surface area contributed by atoms with Crippen molar-refractivity contribution in [3.63, 3.8) is 0 Å². The Kier molecular flexibility index (Phi) is 4.38. The van der Waals surface area contributed by atoms with Gasteiger partial charge in [-0.3, -0.25) is 4.79 Å². The number of thiocarbonyl (C=S) groups is 1. The van der Waals surface area contributed by atoms with Crippen LogP contribution in [-0.2, 0) is 4.79 Å². The number of nitrogens with one attached hydrogen (secondary N) is 1. The molecular weight excluding hydrogens is 365 g/mol. The Hall–Kier alpha value is -0.850. The Bertz CT molecular complexity index is 782. The topological polar surface area (TPSA) is 29.1 Å². The summed E-state index contributed by atoms with van der Waals surface area (Å²) in [5.74, 6) is -0.149. The standard InChI is InChI=1S/C14H7Cl2NOS3/c15-8-1-2-10(11(16)4-8)7-3-9(20-6-7)5-12-13(18)17-14(19)21-12/h1-6H,(H,17,18,19). The normalized spacial score (nSPS) is 16.6. The molecule has 1 aliphatic rings. The molecule has 0 atom stereocenters. The maximum absolute atomic E-state index is 11.6. The van der Waals surface area contributed by atoms with Crippen LogP contribution in [0.25, 0.3) is 17.2 Å². The summed E-state index contributed by atoms with van der Waals surface area (Å²) >= 11 is 19.9. The number of hydrogen-bond donors (Lipinski definition) is 1. The van der Waals surface area contributed by atoms with Gasteiger partial charge in [0.1, 0.15) is 4.32 Å². The summed E-state index contributed by atoms with van der Waals surface area (Å²) < 4.78 is 0.490. The molecule has 1 aromatic carbocycles. The molecule has 0 radical (unpaired) electrons. The highest BCUT2D eigenvalue weighted by atomic mass is 35.5. The van der Waals surface area contributed by atoms with E-state index in [1.54, 1.807) is 23.5 Å². The van der Waals surface area contributed by atoms with Gasteiger partial charge in [-0.15, -0.1) is 11.3 Å². The van der Waals surface area contributed by atoms with Crippen molar-refractivity contribution in [2.75, 3.05) is 0 Å². The lowest BCUT2D eigenvalue weighted by Gasteiger charge is -2.01. The van der Waals surface area contributed by atoms with Gasteiger partial charge in [0.05, 0.1) is 4.91 Å². The molecule has 0 spiro atoms. The highest BCUT2D eigenvalue weighted by Crippen LogP contribution is 2.35. The van der Waals surface area contributed by atoms with Gasteiger partial charge in [0, 0.05) is 20.5 Å². The zero-order chi connectivity index (χ0) is 15.0. The lowest BCUT2D eigenvalue weighted by atomic mass is 10.1. The second-order valence-corrected chi connectivity index (χ2v) is 7.72. The van der Waals surface area contributed by atoms with Gasteiger partial charge in [0.2, 0.25) is 0 Å². The van der Waals surface area contributed by atoms with Crippen molar-refractivity contribution >= 4 is 74.8 Å². The quantitative estimate of drug-likeness (QED) is 0.580. The first-order valence-electron chi connectivity index (χ1n) is 5.82. The molecule has 2 nitrogen and oxygen atoms in total. The van der Waals surface area contributed by atoms with Gasteiger partial charge in [-0.05, 0) is 35.2 Å². The van der Waals surface area contributed by atoms with E-state index in [0.29, 0.717) is 19.3 Å². The average Bonchev–Trinajstić information content (AvgIpc) is 2.97. The summed E-state index contributed by atoms with van der Waals surface area (Å²) in [5.41, 5.74) is 1.92. The Morgan fingerprint density at radius 3 is 2.71 bits per heavy atom. The molecule has 1 fully saturated rings. The predicted octanol–water partition coefficient (Wildman–Crippen LogP) is 5.21. The number of halogens is 2. The maximum atomic E-state index is 11.6. The molecule has 106 valence electrons. The van der Waals surface area contributed by atoms with Gasteiger partial charge in [0.15, 0.2) is 0 Å². The molecule has 2 heterocycles. The van der Waals surface area contributed by atoms with Gasteiger partial charge in [-0.2, -0.15) is 0 Å². The van der Waals surface area contributed by atoms with E-state index in [2.05, 4.69) is 5.32 Å². The first-order chi connectivity index (χ1) is 10.0. The molecule has 1 aliphatic heterocycles. The summed E-state index contributed by atoms with van der Waals surface area (Å²) in [6, 6.07) is 7.39. The van der Waals surface area contributed by atoms with Crippen molar-refractivity contribution < 1.29 is 4.79 Å². The van der Waals surface area contributed by atoms with Crippen LogP contribution in [0.1, 0.15) is 4.88 Å². The second kappa shape index (κ2) is 6.10. The van der Waals surface area contributed by atoms with Crippen molar-refractivity contribution in [2.45, 2.75) is 0 Å². The van der Waals surface area contributed by atoms with Gasteiger partial charge >= 0.3 is 0 Å². The summed E-state index contributed by atoms with van der Waals surface area (Å²) in [6.07, 6.45) is 1.83. The molecular formula is C14H7Cl2NOS3. The molecule has 0 bridgehead atoms. The largest absolute Gasteiger partial charge is 0.307 e. The van der Waals surface area contributed by atoms with Crippen LogP contribution < -0.4 is 5.32 Å². The Labute approximate surface area is 145 Å². The minimum absolute atomic E-state index is 0.149. The third kappa shape index (κ3) is 3.33. The fourth-order valence-electron chi connectivity index (χ4n) is 1.84. The monoisotopic (exact) mass is 371 g/mol. The first kappa shape index (κ1) is 15.1. The van der Waals surface area contributed by atoms with Crippen LogP contribution in [0, 0.1) is 0 Å². The summed E-state index contributed by atoms with van der Waals surface area (Å²) in [4.78, 5) is 13.2. The molecule has 21 heavy (non-hydrogen) atoms. The molecule has 0 saturated carbocycles. The van der Waals surface area contributed by atoms with E-state index in [9.17, 15) is 4.79 Å². The third-order valence-electron chi connectivity index (χ3n) is 2.78. The van der Waals surface area contributed by atoms with Crippen LogP contribution in [0.15, 0.2) is 34.6 Å². The summed E-state index contributed by atoms with van der Waals surface area (Å²) in [6.45, 7) is 0. The number of benzene rings is 1. The van der Waals surface area contributed by atoms with E-state index in [1.807, 2.05) is 23.6 Å². The van der Waals surface area contributed by atoms with Crippen molar-refractivity contribution in [3.8, 4) is 11.1 Å². The molecule has 1 N–H and O–H groups in total. The van der Waals surface area contributed by atoms with E-state index in [1.165, 1.54) is 11.8 Å². The van der Waals surface area contributed by atoms with Crippen LogP contribution in [-0.4, -0.2) is 10.2 Å². The van der Waals surface area contributed by atoms with Crippen LogP contribution in [0.3, 0.4) is 0 Å². The minimum Gasteiger partial charge on any atom is -0.307 e. The number of carbonyl (C=O) groups excluding carboxylic acids is 1. The van der Waals surface area contributed by atoms with Crippen LogP contribution >= 0.6 is 58.5 Å². The lowest BCUT2D eigenvalue weighted by Crippen LogP contribution is -2.17. The number of rotatable bonds is 2. The van der Waals surface area contributed by atoms with E-state index in [-0.39, 0.29) is 5.91 Å². The Morgan fingerprint density at radius 1 is 1.24 bits per heavy atom. The molecule has 1 amide bonds. The maximum Gasteiger partial charge on any atom is 0.263 e. The van der Waals surface area contributed by atoms with Crippen molar-refractivity contribution in [1.29, 1.82) is 0 Å². The van der Waals surface area contributed by atoms with Gasteiger partial charge in [-0.25, -0.2) is 0 Å². The summed E-state index contributed by atoms with van der Waals surface area (Å²) in [5, 5.41) is 5.81. The van der Waals surface area contributed by atoms with Crippen molar-refractivity contribution in [1.82, 2.24) is 5.32 Å². The molecule has 1 saturated heterocycles. The van der Waals surface area contributed by atoms with Crippen molar-refractivity contribution in [3.05, 3.63) is 49.5 Å². The molecule has 0 unspecified atom stereocenters. The molecule has 1 aromatic heterocycles. The number of thiophene rings is 1. The zero-order valence-electron chi connectivity index (χ0n) is 10.4. The Morgan fingerprint density at radius 2 is 2.05 bits per heavy atom. The first-order valence-corrected chi connectivity index (χ1v) is 8.68. The average molecular weight is 372 g/mol. The minimum atomic E-state index is -0.149. The van der Waals surface area contributed by atoms with Crippen molar-refractivity contribution in [2.24, 2.45) is 0 Å². The smallest absolute Gasteiger partial charge is 0.263 e. The van der Waals surface area contributed by atoms with E-state index < -0.39 is 0 Å². The van der Waals surface area contributed by atoms with Crippen LogP contribution in [0.4, 0.5) is 0 Å². The molecule has 3 rings (SSSR count). The number of amides is 1. The molecule has 7 heteroatoms. The SMILES string of the molecule is O=C1NC(=S)SC1=Cc1cc(-c2ccc(Cl)cc2Cl)cs1. The van der Waals surface area contributed by atoms with Gasteiger partial charge in [0.25, 0.3) is 5.91 Å². The van der Waals surface area contributed by atoms with Crippen LogP contribution in [0.5, 0.6) is 0 Å². The second-order valence-electron chi connectivity index (χ2n) is 4.21. The van der Waals surface area contributed by atoms with E-state index in [4.69, 9.17) is 35.4 Å². The van der Waals surface area contributed by atoms with E-state index in [0.717, 1.165) is 16.0 Å². The molecule has 0 aliphatic carbocycles. The summed E-state index contributed by atoms with van der Waals surface area (Å²) in [7, 11) is 0. The fraction of sp³-hybridized carbons (Fsp3) is 0. The van der Waals surface area contributed by atoms with Crippen LogP contribution in [0.2, 0.25) is 10.0 Å². The third-order valence-corrected chi connectivity index (χ3v) is 5.37. The molecule has 2 aromatic rings. The number of hydrogen-bond acceptors (Lipinski definition) is 4. The zero-order valence-corrected chi connectivity index (χ0v) is 14.3. The van der Waals surface area contributed by atoms with Gasteiger partial charge < -0.3 is 5.32 Å². The predicted molar refractivity (Wildman–Crippen MR) is 96.1 cm³/mol. The van der Waals surface area contributed by atoms with E-state index >= 15 is 0 Å². The highest BCUT2D eigenvalue weighted by Gasteiger charge is 2.22. The highest BCUT2D eigenvalue weighted by molar-refractivity contribution is 8.26. The number of thioether (sulfide) groups is 1. The lowest BCUT2D eigenvalue weighted by molar-refractivity contribution is -0.115. The van der Waals surface area contributed by atoms with Gasteiger partial charge in [-0.1, -0.05) is 53.2 Å². The fourth-order valence-corrected chi connectivity index (χ4v) is 4.31.